The summed E-state index contributed by atoms with van der Waals surface area (Å²) in [5.74, 6) is 1.57. The van der Waals surface area contributed by atoms with Crippen LogP contribution in [0.25, 0.3) is 0 Å². The molecule has 0 fully saturated rings. The molecule has 1 N–H and O–H groups in total. The molecule has 0 heterocycles. The molecule has 0 unspecified atom stereocenters. The van der Waals surface area contributed by atoms with Gasteiger partial charge in [0, 0.05) is 17.6 Å². The van der Waals surface area contributed by atoms with Crippen LogP contribution in [0.15, 0.2) is 16.6 Å². The number of halogens is 1. The van der Waals surface area contributed by atoms with Crippen LogP contribution in [0.2, 0.25) is 0 Å². The Morgan fingerprint density at radius 2 is 1.79 bits per heavy atom. The van der Waals surface area contributed by atoms with E-state index in [0.29, 0.717) is 6.54 Å². The second-order valence-electron chi connectivity index (χ2n) is 5.13. The number of hydrogen-bond donors (Lipinski definition) is 1. The highest BCUT2D eigenvalue weighted by Gasteiger charge is 2.23. The highest BCUT2D eigenvalue weighted by atomic mass is 79.9. The van der Waals surface area contributed by atoms with E-state index in [-0.39, 0.29) is 12.1 Å². The first-order valence-electron chi connectivity index (χ1n) is 6.08. The third-order valence-corrected chi connectivity index (χ3v) is 4.00. The summed E-state index contributed by atoms with van der Waals surface area (Å²) in [6.45, 7) is 4.75. The molecule has 108 valence electrons. The van der Waals surface area contributed by atoms with Crippen molar-refractivity contribution >= 4 is 15.9 Å². The lowest BCUT2D eigenvalue weighted by Crippen LogP contribution is -2.43. The standard InChI is InChI=1S/C14H22BrNO3/c1-14(2,9-17)16(3)8-10-6-13(19-5)11(15)7-12(10)18-4/h6-7,17H,8-9H2,1-5H3. The number of aliphatic hydroxyl groups excluding tert-OH is 1. The Kier molecular flexibility index (Phi) is 5.64. The molecule has 0 radical (unpaired) electrons. The molecule has 0 bridgehead atoms. The number of rotatable bonds is 6. The van der Waals surface area contributed by atoms with Crippen molar-refractivity contribution in [2.75, 3.05) is 27.9 Å². The highest BCUT2D eigenvalue weighted by molar-refractivity contribution is 9.10. The number of benzene rings is 1. The molecular weight excluding hydrogens is 310 g/mol. The van der Waals surface area contributed by atoms with Crippen molar-refractivity contribution in [3.63, 3.8) is 0 Å². The van der Waals surface area contributed by atoms with Gasteiger partial charge in [-0.05, 0) is 49.0 Å². The Morgan fingerprint density at radius 3 is 2.26 bits per heavy atom. The van der Waals surface area contributed by atoms with Crippen LogP contribution >= 0.6 is 15.9 Å². The second kappa shape index (κ2) is 6.59. The summed E-state index contributed by atoms with van der Waals surface area (Å²) in [7, 11) is 5.26. The van der Waals surface area contributed by atoms with Crippen molar-refractivity contribution in [2.45, 2.75) is 25.9 Å². The van der Waals surface area contributed by atoms with Gasteiger partial charge < -0.3 is 14.6 Å². The minimum atomic E-state index is -0.286. The lowest BCUT2D eigenvalue weighted by molar-refractivity contribution is 0.0727. The van der Waals surface area contributed by atoms with Crippen LogP contribution < -0.4 is 9.47 Å². The third kappa shape index (κ3) is 3.84. The quantitative estimate of drug-likeness (QED) is 0.870. The summed E-state index contributed by atoms with van der Waals surface area (Å²) in [4.78, 5) is 2.08. The normalized spacial score (nSPS) is 11.8. The predicted octanol–water partition coefficient (Wildman–Crippen LogP) is 2.67. The first kappa shape index (κ1) is 16.3. The number of methoxy groups -OCH3 is 2. The number of ether oxygens (including phenoxy) is 2. The molecule has 0 saturated heterocycles. The van der Waals surface area contributed by atoms with Gasteiger partial charge in [0.2, 0.25) is 0 Å². The zero-order chi connectivity index (χ0) is 14.6. The van der Waals surface area contributed by atoms with Crippen molar-refractivity contribution in [1.82, 2.24) is 4.90 Å². The van der Waals surface area contributed by atoms with Crippen LogP contribution in [0.3, 0.4) is 0 Å². The predicted molar refractivity (Wildman–Crippen MR) is 79.9 cm³/mol. The summed E-state index contributed by atoms with van der Waals surface area (Å²) >= 11 is 3.44. The van der Waals surface area contributed by atoms with E-state index >= 15 is 0 Å². The molecule has 5 heteroatoms. The summed E-state index contributed by atoms with van der Waals surface area (Å²) < 4.78 is 11.6. The summed E-state index contributed by atoms with van der Waals surface area (Å²) in [6, 6.07) is 3.85. The SMILES string of the molecule is COc1cc(CN(C)C(C)(C)CO)c(OC)cc1Br. The maximum Gasteiger partial charge on any atom is 0.133 e. The van der Waals surface area contributed by atoms with E-state index in [1.807, 2.05) is 33.0 Å². The lowest BCUT2D eigenvalue weighted by atomic mass is 10.0. The fourth-order valence-electron chi connectivity index (χ4n) is 1.64. The van der Waals surface area contributed by atoms with Gasteiger partial charge in [0.05, 0.1) is 25.3 Å². The molecule has 0 aliphatic carbocycles. The van der Waals surface area contributed by atoms with Gasteiger partial charge in [-0.15, -0.1) is 0 Å². The largest absolute Gasteiger partial charge is 0.496 e. The van der Waals surface area contributed by atoms with Crippen LogP contribution in [-0.2, 0) is 6.54 Å². The minimum absolute atomic E-state index is 0.0967. The summed E-state index contributed by atoms with van der Waals surface area (Å²) in [5.41, 5.74) is 0.734. The van der Waals surface area contributed by atoms with Crippen LogP contribution in [0.4, 0.5) is 0 Å². The van der Waals surface area contributed by atoms with Gasteiger partial charge in [0.25, 0.3) is 0 Å². The average molecular weight is 332 g/mol. The molecule has 0 saturated carbocycles. The maximum absolute atomic E-state index is 9.41. The first-order valence-corrected chi connectivity index (χ1v) is 6.87. The number of aliphatic hydroxyl groups is 1. The van der Waals surface area contributed by atoms with Crippen LogP contribution in [-0.4, -0.2) is 43.4 Å². The highest BCUT2D eigenvalue weighted by Crippen LogP contribution is 2.34. The molecule has 1 rings (SSSR count). The first-order chi connectivity index (χ1) is 8.85. The summed E-state index contributed by atoms with van der Waals surface area (Å²) in [6.07, 6.45) is 0. The fourth-order valence-corrected chi connectivity index (χ4v) is 2.12. The zero-order valence-corrected chi connectivity index (χ0v) is 13.7. The van der Waals surface area contributed by atoms with E-state index in [4.69, 9.17) is 9.47 Å². The Morgan fingerprint density at radius 1 is 1.21 bits per heavy atom. The number of nitrogens with zero attached hydrogens (tertiary/aromatic N) is 1. The third-order valence-electron chi connectivity index (χ3n) is 3.38. The molecule has 4 nitrogen and oxygen atoms in total. The van der Waals surface area contributed by atoms with E-state index in [1.165, 1.54) is 0 Å². The van der Waals surface area contributed by atoms with Crippen molar-refractivity contribution in [2.24, 2.45) is 0 Å². The number of likely N-dealkylation sites (N-methyl/N-ethyl adjacent to an activating group) is 1. The van der Waals surface area contributed by atoms with Crippen LogP contribution in [0, 0.1) is 0 Å². The minimum Gasteiger partial charge on any atom is -0.496 e. The van der Waals surface area contributed by atoms with Crippen molar-refractivity contribution in [3.05, 3.63) is 22.2 Å². The van der Waals surface area contributed by atoms with E-state index < -0.39 is 0 Å². The monoisotopic (exact) mass is 331 g/mol. The molecule has 0 aromatic heterocycles. The average Bonchev–Trinajstić information content (AvgIpc) is 2.39. The Balaban J connectivity index is 3.06. The van der Waals surface area contributed by atoms with Crippen LogP contribution in [0.5, 0.6) is 11.5 Å². The Hall–Kier alpha value is -0.780. The van der Waals surface area contributed by atoms with Gasteiger partial charge in [0.1, 0.15) is 11.5 Å². The van der Waals surface area contributed by atoms with Crippen molar-refractivity contribution in [1.29, 1.82) is 0 Å². The Bertz CT molecular complexity index is 435. The maximum atomic E-state index is 9.41. The van der Waals surface area contributed by atoms with E-state index in [0.717, 1.165) is 21.5 Å². The molecule has 0 aliphatic heterocycles. The molecule has 19 heavy (non-hydrogen) atoms. The van der Waals surface area contributed by atoms with Gasteiger partial charge in [0.15, 0.2) is 0 Å². The molecule has 0 atom stereocenters. The van der Waals surface area contributed by atoms with E-state index in [2.05, 4.69) is 20.8 Å². The topological polar surface area (TPSA) is 41.9 Å². The van der Waals surface area contributed by atoms with Gasteiger partial charge >= 0.3 is 0 Å². The van der Waals surface area contributed by atoms with Crippen molar-refractivity contribution in [3.8, 4) is 11.5 Å². The molecule has 0 spiro atoms. The van der Waals surface area contributed by atoms with Gasteiger partial charge in [-0.1, -0.05) is 0 Å². The lowest BCUT2D eigenvalue weighted by Gasteiger charge is -2.34. The smallest absolute Gasteiger partial charge is 0.133 e. The molecule has 1 aromatic carbocycles. The summed E-state index contributed by atoms with van der Waals surface area (Å²) in [5, 5.41) is 9.41. The molecular formula is C14H22BrNO3. The molecule has 0 aliphatic rings. The second-order valence-corrected chi connectivity index (χ2v) is 5.98. The zero-order valence-electron chi connectivity index (χ0n) is 12.2. The Labute approximate surface area is 123 Å². The van der Waals surface area contributed by atoms with E-state index in [9.17, 15) is 5.11 Å². The fraction of sp³-hybridized carbons (Fsp3) is 0.571. The molecule has 1 aromatic rings. The molecule has 0 amide bonds. The van der Waals surface area contributed by atoms with Crippen LogP contribution in [0.1, 0.15) is 19.4 Å². The van der Waals surface area contributed by atoms with Gasteiger partial charge in [-0.2, -0.15) is 0 Å². The van der Waals surface area contributed by atoms with E-state index in [1.54, 1.807) is 14.2 Å². The van der Waals surface area contributed by atoms with Gasteiger partial charge in [-0.25, -0.2) is 0 Å². The van der Waals surface area contributed by atoms with Crippen molar-refractivity contribution < 1.29 is 14.6 Å². The number of hydrogen-bond acceptors (Lipinski definition) is 4. The van der Waals surface area contributed by atoms with Gasteiger partial charge in [-0.3, -0.25) is 4.90 Å².